The van der Waals surface area contributed by atoms with Crippen LogP contribution in [0.1, 0.15) is 34.3 Å². The molecule has 1 fully saturated rings. The molecule has 0 saturated carbocycles. The Morgan fingerprint density at radius 2 is 2.10 bits per heavy atom. The predicted molar refractivity (Wildman–Crippen MR) is 71.6 cm³/mol. The average Bonchev–Trinajstić information content (AvgIpc) is 2.77. The molecule has 0 bridgehead atoms. The number of hydrogen-bond donors (Lipinski definition) is 2. The standard InChI is InChI=1S/C14H12N4O3/c15-5-7-1-2-8-6-18(14(21)11(8)12(7)16)9-3-4-10(19)17-13(9)20/h1-2,9H,3-4,6,16H2,(H,17,19,20). The van der Waals surface area contributed by atoms with Gasteiger partial charge in [0.1, 0.15) is 12.1 Å². The number of amides is 3. The molecule has 0 aliphatic carbocycles. The van der Waals surface area contributed by atoms with Crippen molar-refractivity contribution in [2.45, 2.75) is 25.4 Å². The van der Waals surface area contributed by atoms with E-state index in [2.05, 4.69) is 5.32 Å². The SMILES string of the molecule is N#Cc1ccc2c(c1N)C(=O)N(C1CCC(=O)NC1=O)C2. The van der Waals surface area contributed by atoms with E-state index in [1.165, 1.54) is 4.90 Å². The lowest BCUT2D eigenvalue weighted by Gasteiger charge is -2.29. The third-order valence-electron chi connectivity index (χ3n) is 3.85. The highest BCUT2D eigenvalue weighted by Gasteiger charge is 2.40. The Hall–Kier alpha value is -2.88. The molecule has 7 nitrogen and oxygen atoms in total. The van der Waals surface area contributed by atoms with E-state index in [1.54, 1.807) is 12.1 Å². The van der Waals surface area contributed by atoms with Gasteiger partial charge in [0, 0.05) is 13.0 Å². The van der Waals surface area contributed by atoms with Crippen LogP contribution in [0.25, 0.3) is 0 Å². The minimum Gasteiger partial charge on any atom is -0.397 e. The van der Waals surface area contributed by atoms with Gasteiger partial charge in [0.25, 0.3) is 5.91 Å². The van der Waals surface area contributed by atoms with Gasteiger partial charge < -0.3 is 10.6 Å². The molecule has 0 radical (unpaired) electrons. The van der Waals surface area contributed by atoms with Crippen LogP contribution in [0.3, 0.4) is 0 Å². The van der Waals surface area contributed by atoms with Crippen molar-refractivity contribution < 1.29 is 14.4 Å². The van der Waals surface area contributed by atoms with Crippen LogP contribution in [0, 0.1) is 11.3 Å². The molecular weight excluding hydrogens is 272 g/mol. The zero-order chi connectivity index (χ0) is 15.1. The maximum Gasteiger partial charge on any atom is 0.257 e. The molecule has 0 spiro atoms. The lowest BCUT2D eigenvalue weighted by molar-refractivity contribution is -0.136. The Morgan fingerprint density at radius 3 is 2.76 bits per heavy atom. The monoisotopic (exact) mass is 284 g/mol. The van der Waals surface area contributed by atoms with Crippen LogP contribution in [-0.2, 0) is 16.1 Å². The molecule has 2 heterocycles. The zero-order valence-corrected chi connectivity index (χ0v) is 11.0. The second-order valence-electron chi connectivity index (χ2n) is 5.07. The molecule has 3 N–H and O–H groups in total. The summed E-state index contributed by atoms with van der Waals surface area (Å²) in [4.78, 5) is 37.0. The van der Waals surface area contributed by atoms with Gasteiger partial charge >= 0.3 is 0 Å². The Bertz CT molecular complexity index is 720. The topological polar surface area (TPSA) is 116 Å². The molecule has 106 valence electrons. The van der Waals surface area contributed by atoms with E-state index in [-0.39, 0.29) is 36.0 Å². The first-order valence-electron chi connectivity index (χ1n) is 6.49. The number of piperidine rings is 1. The number of fused-ring (bicyclic) bond motifs is 1. The number of nitriles is 1. The molecule has 1 aromatic carbocycles. The third kappa shape index (κ3) is 1.92. The fraction of sp³-hybridized carbons (Fsp3) is 0.286. The fourth-order valence-electron chi connectivity index (χ4n) is 2.78. The van der Waals surface area contributed by atoms with Gasteiger partial charge in [0.05, 0.1) is 16.8 Å². The van der Waals surface area contributed by atoms with E-state index in [0.29, 0.717) is 17.5 Å². The minimum absolute atomic E-state index is 0.148. The number of anilines is 1. The van der Waals surface area contributed by atoms with Crippen LogP contribution >= 0.6 is 0 Å². The number of carbonyl (C=O) groups excluding carboxylic acids is 3. The number of nitrogen functional groups attached to an aromatic ring is 1. The van der Waals surface area contributed by atoms with E-state index < -0.39 is 11.9 Å². The molecule has 3 rings (SSSR count). The smallest absolute Gasteiger partial charge is 0.257 e. The Labute approximate surface area is 120 Å². The molecule has 1 aromatic rings. The van der Waals surface area contributed by atoms with Crippen LogP contribution in [0.2, 0.25) is 0 Å². The Kier molecular flexibility index (Phi) is 2.87. The highest BCUT2D eigenvalue weighted by Crippen LogP contribution is 2.32. The fourth-order valence-corrected chi connectivity index (χ4v) is 2.78. The number of nitrogens with one attached hydrogen (secondary N) is 1. The van der Waals surface area contributed by atoms with E-state index in [4.69, 9.17) is 11.0 Å². The number of rotatable bonds is 1. The molecule has 2 aliphatic rings. The lowest BCUT2D eigenvalue weighted by Crippen LogP contribution is -2.52. The maximum atomic E-state index is 12.5. The van der Waals surface area contributed by atoms with Gasteiger partial charge in [-0.15, -0.1) is 0 Å². The summed E-state index contributed by atoms with van der Waals surface area (Å²) in [7, 11) is 0. The first-order valence-corrected chi connectivity index (χ1v) is 6.49. The van der Waals surface area contributed by atoms with E-state index in [9.17, 15) is 14.4 Å². The normalized spacial score (nSPS) is 21.0. The molecule has 2 aliphatic heterocycles. The van der Waals surface area contributed by atoms with Gasteiger partial charge in [-0.25, -0.2) is 0 Å². The van der Waals surface area contributed by atoms with Crippen molar-refractivity contribution in [1.82, 2.24) is 10.2 Å². The molecule has 1 atom stereocenters. The summed E-state index contributed by atoms with van der Waals surface area (Å²) >= 11 is 0. The van der Waals surface area contributed by atoms with E-state index >= 15 is 0 Å². The van der Waals surface area contributed by atoms with E-state index in [0.717, 1.165) is 0 Å². The summed E-state index contributed by atoms with van der Waals surface area (Å²) in [5, 5.41) is 11.2. The Morgan fingerprint density at radius 1 is 1.33 bits per heavy atom. The van der Waals surface area contributed by atoms with Crippen LogP contribution in [0.5, 0.6) is 0 Å². The summed E-state index contributed by atoms with van der Waals surface area (Å²) in [6, 6.07) is 4.50. The van der Waals surface area contributed by atoms with Gasteiger partial charge in [0.15, 0.2) is 0 Å². The maximum absolute atomic E-state index is 12.5. The number of hydrogen-bond acceptors (Lipinski definition) is 5. The first kappa shape index (κ1) is 13.1. The molecular formula is C14H12N4O3. The van der Waals surface area contributed by atoms with Gasteiger partial charge in [-0.1, -0.05) is 6.07 Å². The first-order chi connectivity index (χ1) is 10.0. The minimum atomic E-state index is -0.674. The Balaban J connectivity index is 1.94. The number of benzene rings is 1. The average molecular weight is 284 g/mol. The van der Waals surface area contributed by atoms with Crippen molar-refractivity contribution >= 4 is 23.4 Å². The highest BCUT2D eigenvalue weighted by molar-refractivity contribution is 6.08. The number of carbonyl (C=O) groups is 3. The molecule has 1 saturated heterocycles. The molecule has 7 heteroatoms. The van der Waals surface area contributed by atoms with Crippen molar-refractivity contribution in [3.63, 3.8) is 0 Å². The van der Waals surface area contributed by atoms with Crippen molar-refractivity contribution in [2.75, 3.05) is 5.73 Å². The lowest BCUT2D eigenvalue weighted by atomic mass is 10.0. The van der Waals surface area contributed by atoms with E-state index in [1.807, 2.05) is 6.07 Å². The summed E-state index contributed by atoms with van der Waals surface area (Å²) < 4.78 is 0. The molecule has 1 unspecified atom stereocenters. The largest absolute Gasteiger partial charge is 0.397 e. The van der Waals surface area contributed by atoms with Crippen LogP contribution in [0.15, 0.2) is 12.1 Å². The quantitative estimate of drug-likeness (QED) is 0.552. The summed E-state index contributed by atoms with van der Waals surface area (Å²) in [6.07, 6.45) is 0.505. The second kappa shape index (κ2) is 4.59. The summed E-state index contributed by atoms with van der Waals surface area (Å²) in [6.45, 7) is 0.260. The number of nitrogens with two attached hydrogens (primary N) is 1. The van der Waals surface area contributed by atoms with Crippen LogP contribution < -0.4 is 11.1 Å². The van der Waals surface area contributed by atoms with Crippen molar-refractivity contribution in [2.24, 2.45) is 0 Å². The van der Waals surface area contributed by atoms with Gasteiger partial charge in [-0.05, 0) is 18.1 Å². The van der Waals surface area contributed by atoms with Gasteiger partial charge in [0.2, 0.25) is 11.8 Å². The van der Waals surface area contributed by atoms with Crippen LogP contribution in [-0.4, -0.2) is 28.7 Å². The van der Waals surface area contributed by atoms with Crippen molar-refractivity contribution in [1.29, 1.82) is 5.26 Å². The second-order valence-corrected chi connectivity index (χ2v) is 5.07. The molecule has 3 amide bonds. The molecule has 0 aromatic heterocycles. The number of imide groups is 1. The number of nitrogens with zero attached hydrogens (tertiary/aromatic N) is 2. The van der Waals surface area contributed by atoms with Crippen LogP contribution in [0.4, 0.5) is 5.69 Å². The summed E-state index contributed by atoms with van der Waals surface area (Å²) in [5.74, 6) is -1.16. The van der Waals surface area contributed by atoms with Gasteiger partial charge in [-0.3, -0.25) is 19.7 Å². The zero-order valence-electron chi connectivity index (χ0n) is 11.0. The van der Waals surface area contributed by atoms with Crippen molar-refractivity contribution in [3.05, 3.63) is 28.8 Å². The van der Waals surface area contributed by atoms with Gasteiger partial charge in [-0.2, -0.15) is 5.26 Å². The van der Waals surface area contributed by atoms with Crippen molar-refractivity contribution in [3.8, 4) is 6.07 Å². The summed E-state index contributed by atoms with van der Waals surface area (Å²) in [5.41, 5.74) is 7.24. The highest BCUT2D eigenvalue weighted by atomic mass is 16.2. The molecule has 21 heavy (non-hydrogen) atoms. The predicted octanol–water partition coefficient (Wildman–Crippen LogP) is -0.0985. The third-order valence-corrected chi connectivity index (χ3v) is 3.85.